The van der Waals surface area contributed by atoms with Gasteiger partial charge in [0.1, 0.15) is 5.69 Å². The number of carbonyl (C=O) groups is 1. The van der Waals surface area contributed by atoms with Gasteiger partial charge in [-0.1, -0.05) is 29.4 Å². The number of aryl methyl sites for hydroxylation is 2. The quantitative estimate of drug-likeness (QED) is 0.198. The second-order valence-electron chi connectivity index (χ2n) is 7.81. The molecular weight excluding hydrogens is 488 g/mol. The van der Waals surface area contributed by atoms with Crippen LogP contribution in [0.5, 0.6) is 0 Å². The van der Waals surface area contributed by atoms with Crippen LogP contribution in [0.25, 0.3) is 17.1 Å². The molecule has 2 aromatic heterocycles. The first kappa shape index (κ1) is 24.4. The molecule has 4 rings (SSSR count). The number of thioether (sulfide) groups is 1. The molecule has 0 aliphatic heterocycles. The molecule has 1 N–H and O–H groups in total. The highest BCUT2D eigenvalue weighted by molar-refractivity contribution is 7.99. The highest BCUT2D eigenvalue weighted by Crippen LogP contribution is 2.32. The van der Waals surface area contributed by atoms with Gasteiger partial charge in [-0.25, -0.2) is 0 Å². The molecule has 9 nitrogen and oxygen atoms in total. The summed E-state index contributed by atoms with van der Waals surface area (Å²) < 4.78 is 1.84. The van der Waals surface area contributed by atoms with Crippen molar-refractivity contribution in [3.63, 3.8) is 0 Å². The second-order valence-corrected chi connectivity index (χ2v) is 9.16. The van der Waals surface area contributed by atoms with Crippen LogP contribution >= 0.6 is 23.4 Å². The van der Waals surface area contributed by atoms with E-state index in [1.807, 2.05) is 42.7 Å². The van der Waals surface area contributed by atoms with Crippen LogP contribution in [0.15, 0.2) is 60.0 Å². The fraction of sp³-hybridized carbons (Fsp3) is 0.167. The summed E-state index contributed by atoms with van der Waals surface area (Å²) in [7, 11) is 0. The van der Waals surface area contributed by atoms with Crippen LogP contribution in [0.3, 0.4) is 0 Å². The maximum Gasteiger partial charge on any atom is 0.293 e. The summed E-state index contributed by atoms with van der Waals surface area (Å²) in [6, 6.07) is 12.2. The van der Waals surface area contributed by atoms with Gasteiger partial charge < -0.3 is 5.32 Å². The third kappa shape index (κ3) is 5.18. The van der Waals surface area contributed by atoms with Gasteiger partial charge in [0.25, 0.3) is 5.69 Å². The summed E-state index contributed by atoms with van der Waals surface area (Å²) in [5, 5.41) is 23.9. The SMILES string of the molecule is Cc1cc(NC(=O)CSc2nnc(-c3ccncc3)n2-c2cccc(Cl)c2C)c([N+](=O)[O-])cc1C. The van der Waals surface area contributed by atoms with E-state index in [4.69, 9.17) is 11.6 Å². The minimum atomic E-state index is -0.505. The average Bonchev–Trinajstić information content (AvgIpc) is 3.26. The lowest BCUT2D eigenvalue weighted by Gasteiger charge is -2.14. The van der Waals surface area contributed by atoms with Crippen LogP contribution in [-0.4, -0.2) is 36.3 Å². The number of hydrogen-bond acceptors (Lipinski definition) is 7. The van der Waals surface area contributed by atoms with Crippen molar-refractivity contribution in [2.24, 2.45) is 0 Å². The van der Waals surface area contributed by atoms with Gasteiger partial charge in [-0.2, -0.15) is 0 Å². The fourth-order valence-electron chi connectivity index (χ4n) is 3.48. The molecule has 0 aliphatic rings. The van der Waals surface area contributed by atoms with Gasteiger partial charge in [-0.15, -0.1) is 10.2 Å². The largest absolute Gasteiger partial charge is 0.320 e. The first-order chi connectivity index (χ1) is 16.8. The molecule has 11 heteroatoms. The van der Waals surface area contributed by atoms with Crippen molar-refractivity contribution in [1.82, 2.24) is 19.7 Å². The number of carbonyl (C=O) groups excluding carboxylic acids is 1. The number of hydrogen-bond donors (Lipinski definition) is 1. The number of pyridine rings is 1. The Labute approximate surface area is 210 Å². The highest BCUT2D eigenvalue weighted by Gasteiger charge is 2.21. The number of rotatable bonds is 7. The minimum Gasteiger partial charge on any atom is -0.320 e. The molecule has 0 spiro atoms. The van der Waals surface area contributed by atoms with E-state index in [2.05, 4.69) is 20.5 Å². The lowest BCUT2D eigenvalue weighted by atomic mass is 10.1. The van der Waals surface area contributed by atoms with Crippen molar-refractivity contribution in [3.05, 3.63) is 86.7 Å². The third-order valence-electron chi connectivity index (χ3n) is 5.47. The van der Waals surface area contributed by atoms with Crippen LogP contribution < -0.4 is 5.32 Å². The molecule has 0 radical (unpaired) electrons. The van der Waals surface area contributed by atoms with Crippen LogP contribution in [0.4, 0.5) is 11.4 Å². The minimum absolute atomic E-state index is 0.0296. The predicted octanol–water partition coefficient (Wildman–Crippen LogP) is 5.55. The molecule has 0 saturated heterocycles. The fourth-order valence-corrected chi connectivity index (χ4v) is 4.39. The number of benzene rings is 2. The molecule has 2 heterocycles. The molecule has 0 bridgehead atoms. The first-order valence-corrected chi connectivity index (χ1v) is 11.9. The van der Waals surface area contributed by atoms with Gasteiger partial charge >= 0.3 is 0 Å². The van der Waals surface area contributed by atoms with E-state index < -0.39 is 10.8 Å². The molecular formula is C24H21ClN6O3S. The van der Waals surface area contributed by atoms with Crippen molar-refractivity contribution in [1.29, 1.82) is 0 Å². The predicted molar refractivity (Wildman–Crippen MR) is 136 cm³/mol. The summed E-state index contributed by atoms with van der Waals surface area (Å²) in [5.74, 6) is 0.146. The van der Waals surface area contributed by atoms with Crippen LogP contribution in [0, 0.1) is 30.9 Å². The summed E-state index contributed by atoms with van der Waals surface area (Å²) >= 11 is 7.54. The van der Waals surface area contributed by atoms with E-state index in [0.29, 0.717) is 16.0 Å². The highest BCUT2D eigenvalue weighted by atomic mass is 35.5. The molecule has 0 unspecified atom stereocenters. The van der Waals surface area contributed by atoms with Gasteiger partial charge in [0.15, 0.2) is 11.0 Å². The van der Waals surface area contributed by atoms with Gasteiger partial charge in [0, 0.05) is 29.0 Å². The molecule has 2 aromatic carbocycles. The van der Waals surface area contributed by atoms with Crippen molar-refractivity contribution >= 4 is 40.6 Å². The Morgan fingerprint density at radius 3 is 2.54 bits per heavy atom. The van der Waals surface area contributed by atoms with Gasteiger partial charge in [-0.3, -0.25) is 24.5 Å². The summed E-state index contributed by atoms with van der Waals surface area (Å²) in [6.07, 6.45) is 3.33. The molecule has 1 amide bonds. The number of amides is 1. The number of nitro groups is 1. The number of nitro benzene ring substituents is 1. The maximum absolute atomic E-state index is 12.8. The Morgan fingerprint density at radius 2 is 1.83 bits per heavy atom. The van der Waals surface area contributed by atoms with E-state index in [-0.39, 0.29) is 17.1 Å². The Kier molecular flexibility index (Phi) is 7.13. The second kappa shape index (κ2) is 10.2. The van der Waals surface area contributed by atoms with Crippen LogP contribution in [-0.2, 0) is 4.79 Å². The van der Waals surface area contributed by atoms with Crippen molar-refractivity contribution in [2.45, 2.75) is 25.9 Å². The Balaban J connectivity index is 1.64. The molecule has 178 valence electrons. The average molecular weight is 509 g/mol. The van der Waals surface area contributed by atoms with Crippen molar-refractivity contribution in [3.8, 4) is 17.1 Å². The molecule has 4 aromatic rings. The van der Waals surface area contributed by atoms with E-state index in [1.165, 1.54) is 17.8 Å². The zero-order valence-corrected chi connectivity index (χ0v) is 20.7. The van der Waals surface area contributed by atoms with E-state index in [0.717, 1.165) is 27.9 Å². The lowest BCUT2D eigenvalue weighted by molar-refractivity contribution is -0.384. The summed E-state index contributed by atoms with van der Waals surface area (Å²) in [5.41, 5.74) is 4.05. The first-order valence-electron chi connectivity index (χ1n) is 10.6. The molecule has 0 saturated carbocycles. The normalized spacial score (nSPS) is 10.9. The topological polar surface area (TPSA) is 116 Å². The Morgan fingerprint density at radius 1 is 1.11 bits per heavy atom. The number of nitrogens with one attached hydrogen (secondary N) is 1. The Hall–Kier alpha value is -3.76. The zero-order valence-electron chi connectivity index (χ0n) is 19.2. The van der Waals surface area contributed by atoms with Crippen LogP contribution in [0.1, 0.15) is 16.7 Å². The summed E-state index contributed by atoms with van der Waals surface area (Å²) in [4.78, 5) is 27.8. The van der Waals surface area contributed by atoms with Crippen LogP contribution in [0.2, 0.25) is 5.02 Å². The number of halogens is 1. The summed E-state index contributed by atoms with van der Waals surface area (Å²) in [6.45, 7) is 5.52. The van der Waals surface area contributed by atoms with Gasteiger partial charge in [-0.05, 0) is 67.8 Å². The number of anilines is 1. The van der Waals surface area contributed by atoms with Crippen molar-refractivity contribution < 1.29 is 9.72 Å². The zero-order chi connectivity index (χ0) is 25.1. The van der Waals surface area contributed by atoms with E-state index >= 15 is 0 Å². The Bertz CT molecular complexity index is 1420. The maximum atomic E-state index is 12.8. The lowest BCUT2D eigenvalue weighted by Crippen LogP contribution is -2.16. The number of nitrogens with zero attached hydrogens (tertiary/aromatic N) is 5. The number of aromatic nitrogens is 4. The van der Waals surface area contributed by atoms with Crippen molar-refractivity contribution in [2.75, 3.05) is 11.1 Å². The van der Waals surface area contributed by atoms with Gasteiger partial charge in [0.2, 0.25) is 5.91 Å². The van der Waals surface area contributed by atoms with E-state index in [1.54, 1.807) is 31.5 Å². The smallest absolute Gasteiger partial charge is 0.293 e. The monoisotopic (exact) mass is 508 g/mol. The van der Waals surface area contributed by atoms with E-state index in [9.17, 15) is 14.9 Å². The molecule has 0 atom stereocenters. The molecule has 0 fully saturated rings. The standard InChI is InChI=1S/C24H21ClN6O3S/c1-14-11-19(21(31(33)34)12-15(14)2)27-22(32)13-35-24-29-28-23(17-7-9-26-10-8-17)30(24)20-6-4-5-18(25)16(20)3/h4-12H,13H2,1-3H3,(H,27,32). The molecule has 0 aliphatic carbocycles. The van der Waals surface area contributed by atoms with Gasteiger partial charge in [0.05, 0.1) is 16.4 Å². The molecule has 35 heavy (non-hydrogen) atoms. The third-order valence-corrected chi connectivity index (χ3v) is 6.81.